The van der Waals surface area contributed by atoms with Crippen LogP contribution in [0.3, 0.4) is 0 Å². The maximum atomic E-state index is 6.02. The zero-order chi connectivity index (χ0) is 9.42. The molecule has 0 bridgehead atoms. The van der Waals surface area contributed by atoms with Crippen LogP contribution in [0, 0.1) is 3.57 Å². The second-order valence-corrected chi connectivity index (χ2v) is 5.40. The second-order valence-electron chi connectivity index (χ2n) is 2.66. The van der Waals surface area contributed by atoms with Crippen LogP contribution >= 0.6 is 57.1 Å². The molecule has 2 rings (SSSR count). The van der Waals surface area contributed by atoms with Crippen LogP contribution in [0.1, 0.15) is 5.56 Å². The van der Waals surface area contributed by atoms with Crippen molar-refractivity contribution < 1.29 is 0 Å². The van der Waals surface area contributed by atoms with E-state index in [1.54, 1.807) is 11.3 Å². The zero-order valence-electron chi connectivity index (χ0n) is 6.48. The van der Waals surface area contributed by atoms with Gasteiger partial charge < -0.3 is 0 Å². The first-order valence-electron chi connectivity index (χ1n) is 3.63. The SMILES string of the molecule is ClCc1cc2c(Cl)csc2cc1I. The molecule has 4 heteroatoms. The van der Waals surface area contributed by atoms with Gasteiger partial charge in [-0.15, -0.1) is 22.9 Å². The molecule has 0 fully saturated rings. The van der Waals surface area contributed by atoms with Crippen LogP contribution in [-0.4, -0.2) is 0 Å². The molecular formula is C9H5Cl2IS. The predicted octanol–water partition coefficient (Wildman–Crippen LogP) is 4.90. The summed E-state index contributed by atoms with van der Waals surface area (Å²) in [5.74, 6) is 0.542. The first-order chi connectivity index (χ1) is 6.22. The number of rotatable bonds is 1. The lowest BCUT2D eigenvalue weighted by atomic mass is 10.2. The lowest BCUT2D eigenvalue weighted by molar-refractivity contribution is 1.40. The van der Waals surface area contributed by atoms with E-state index in [1.165, 1.54) is 8.27 Å². The smallest absolute Gasteiger partial charge is 0.0591 e. The summed E-state index contributed by atoms with van der Waals surface area (Å²) >= 11 is 15.8. The van der Waals surface area contributed by atoms with Crippen LogP contribution < -0.4 is 0 Å². The highest BCUT2D eigenvalue weighted by molar-refractivity contribution is 14.1. The second kappa shape index (κ2) is 3.93. The summed E-state index contributed by atoms with van der Waals surface area (Å²) in [7, 11) is 0. The minimum absolute atomic E-state index is 0.542. The van der Waals surface area contributed by atoms with Crippen LogP contribution in [0.4, 0.5) is 0 Å². The Morgan fingerprint density at radius 2 is 2.15 bits per heavy atom. The molecular weight excluding hydrogens is 338 g/mol. The largest absolute Gasteiger partial charge is 0.142 e. The monoisotopic (exact) mass is 342 g/mol. The molecule has 0 atom stereocenters. The van der Waals surface area contributed by atoms with Gasteiger partial charge in [0.1, 0.15) is 0 Å². The number of fused-ring (bicyclic) bond motifs is 1. The molecule has 0 nitrogen and oxygen atoms in total. The van der Waals surface area contributed by atoms with Crippen molar-refractivity contribution in [2.45, 2.75) is 5.88 Å². The van der Waals surface area contributed by atoms with Gasteiger partial charge in [-0.05, 0) is 40.3 Å². The highest BCUT2D eigenvalue weighted by atomic mass is 127. The van der Waals surface area contributed by atoms with Gasteiger partial charge in [-0.25, -0.2) is 0 Å². The molecule has 0 unspecified atom stereocenters. The molecule has 1 heterocycles. The van der Waals surface area contributed by atoms with E-state index in [1.807, 2.05) is 5.38 Å². The summed E-state index contributed by atoms with van der Waals surface area (Å²) in [6.45, 7) is 0. The fourth-order valence-electron chi connectivity index (χ4n) is 1.17. The van der Waals surface area contributed by atoms with Crippen molar-refractivity contribution in [3.63, 3.8) is 0 Å². The van der Waals surface area contributed by atoms with Crippen LogP contribution in [0.15, 0.2) is 17.5 Å². The minimum Gasteiger partial charge on any atom is -0.142 e. The molecule has 0 aliphatic heterocycles. The van der Waals surface area contributed by atoms with Gasteiger partial charge in [0.15, 0.2) is 0 Å². The maximum Gasteiger partial charge on any atom is 0.0591 e. The molecule has 0 aliphatic carbocycles. The van der Waals surface area contributed by atoms with Crippen LogP contribution in [0.5, 0.6) is 0 Å². The summed E-state index contributed by atoms with van der Waals surface area (Å²) < 4.78 is 2.43. The summed E-state index contributed by atoms with van der Waals surface area (Å²) in [5.41, 5.74) is 1.15. The highest BCUT2D eigenvalue weighted by Gasteiger charge is 2.06. The standard InChI is InChI=1S/C9H5Cl2IS/c10-3-5-1-6-7(11)4-13-9(6)2-8(5)12/h1-2,4H,3H2. The Morgan fingerprint density at radius 1 is 1.38 bits per heavy atom. The molecule has 0 amide bonds. The Hall–Kier alpha value is 0.490. The average Bonchev–Trinajstić information content (AvgIpc) is 2.46. The van der Waals surface area contributed by atoms with Gasteiger partial charge in [0, 0.05) is 24.9 Å². The number of alkyl halides is 1. The van der Waals surface area contributed by atoms with Crippen molar-refractivity contribution in [1.82, 2.24) is 0 Å². The van der Waals surface area contributed by atoms with E-state index >= 15 is 0 Å². The van der Waals surface area contributed by atoms with E-state index in [2.05, 4.69) is 34.7 Å². The van der Waals surface area contributed by atoms with Crippen molar-refractivity contribution >= 4 is 67.2 Å². The van der Waals surface area contributed by atoms with Crippen LogP contribution in [-0.2, 0) is 5.88 Å². The Morgan fingerprint density at radius 3 is 2.85 bits per heavy atom. The molecule has 1 aromatic heterocycles. The fourth-order valence-corrected chi connectivity index (χ4v) is 3.67. The molecule has 0 spiro atoms. The Kier molecular flexibility index (Phi) is 3.03. The van der Waals surface area contributed by atoms with E-state index < -0.39 is 0 Å². The van der Waals surface area contributed by atoms with Gasteiger partial charge >= 0.3 is 0 Å². The van der Waals surface area contributed by atoms with Gasteiger partial charge in [0.25, 0.3) is 0 Å². The third-order valence-electron chi connectivity index (χ3n) is 1.84. The summed E-state index contributed by atoms with van der Waals surface area (Å²) in [4.78, 5) is 0. The van der Waals surface area contributed by atoms with Crippen molar-refractivity contribution in [3.05, 3.63) is 31.7 Å². The number of hydrogen-bond acceptors (Lipinski definition) is 1. The van der Waals surface area contributed by atoms with Gasteiger partial charge in [-0.2, -0.15) is 0 Å². The van der Waals surface area contributed by atoms with Gasteiger partial charge in [-0.1, -0.05) is 11.6 Å². The van der Waals surface area contributed by atoms with E-state index in [0.29, 0.717) is 5.88 Å². The lowest BCUT2D eigenvalue weighted by Gasteiger charge is -2.00. The normalized spacial score (nSPS) is 11.0. The molecule has 0 N–H and O–H groups in total. The molecule has 0 aliphatic rings. The Labute approximate surface area is 104 Å². The third kappa shape index (κ3) is 1.82. The van der Waals surface area contributed by atoms with E-state index in [9.17, 15) is 0 Å². The number of benzene rings is 1. The topological polar surface area (TPSA) is 0 Å². The number of thiophene rings is 1. The molecule has 0 saturated heterocycles. The zero-order valence-corrected chi connectivity index (χ0v) is 11.0. The quantitative estimate of drug-likeness (QED) is 0.511. The lowest BCUT2D eigenvalue weighted by Crippen LogP contribution is -1.82. The van der Waals surface area contributed by atoms with Gasteiger partial charge in [-0.3, -0.25) is 0 Å². The van der Waals surface area contributed by atoms with E-state index in [0.717, 1.165) is 16.0 Å². The Bertz CT molecular complexity index is 450. The van der Waals surface area contributed by atoms with E-state index in [-0.39, 0.29) is 0 Å². The average molecular weight is 343 g/mol. The van der Waals surface area contributed by atoms with Crippen molar-refractivity contribution in [1.29, 1.82) is 0 Å². The molecule has 0 saturated carbocycles. The van der Waals surface area contributed by atoms with Crippen LogP contribution in [0.2, 0.25) is 5.02 Å². The predicted molar refractivity (Wildman–Crippen MR) is 69.1 cm³/mol. The van der Waals surface area contributed by atoms with Crippen molar-refractivity contribution in [3.8, 4) is 0 Å². The first kappa shape index (κ1) is 10.0. The Balaban J connectivity index is 2.77. The van der Waals surface area contributed by atoms with Gasteiger partial charge in [0.05, 0.1) is 5.02 Å². The molecule has 13 heavy (non-hydrogen) atoms. The van der Waals surface area contributed by atoms with Crippen molar-refractivity contribution in [2.75, 3.05) is 0 Å². The highest BCUT2D eigenvalue weighted by Crippen LogP contribution is 2.33. The van der Waals surface area contributed by atoms with Gasteiger partial charge in [0.2, 0.25) is 0 Å². The number of hydrogen-bond donors (Lipinski definition) is 0. The van der Waals surface area contributed by atoms with Crippen LogP contribution in [0.25, 0.3) is 10.1 Å². The summed E-state index contributed by atoms with van der Waals surface area (Å²) in [5, 5.41) is 3.89. The third-order valence-corrected chi connectivity index (χ3v) is 4.52. The molecule has 68 valence electrons. The molecule has 2 aromatic rings. The van der Waals surface area contributed by atoms with E-state index in [4.69, 9.17) is 23.2 Å². The summed E-state index contributed by atoms with van der Waals surface area (Å²) in [6.07, 6.45) is 0. The first-order valence-corrected chi connectivity index (χ1v) is 6.50. The molecule has 0 radical (unpaired) electrons. The maximum absolute atomic E-state index is 6.02. The number of halogens is 3. The molecule has 1 aromatic carbocycles. The summed E-state index contributed by atoms with van der Waals surface area (Å²) in [6, 6.07) is 4.20. The minimum atomic E-state index is 0.542. The van der Waals surface area contributed by atoms with Crippen molar-refractivity contribution in [2.24, 2.45) is 0 Å². The fraction of sp³-hybridized carbons (Fsp3) is 0.111.